The van der Waals surface area contributed by atoms with Gasteiger partial charge >= 0.3 is 0 Å². The molecule has 1 heterocycles. The van der Waals surface area contributed by atoms with Gasteiger partial charge in [-0.15, -0.1) is 0 Å². The van der Waals surface area contributed by atoms with Gasteiger partial charge in [0.15, 0.2) is 5.16 Å². The van der Waals surface area contributed by atoms with Crippen LogP contribution < -0.4 is 5.32 Å². The van der Waals surface area contributed by atoms with E-state index in [0.717, 1.165) is 22.2 Å². The molecule has 2 aromatic rings. The summed E-state index contributed by atoms with van der Waals surface area (Å²) < 4.78 is 1.95. The number of hydrogen-bond acceptors (Lipinski definition) is 3. The molecule has 0 aliphatic carbocycles. The molecular formula is C14H17N3OS. The Bertz CT molecular complexity index is 565. The molecule has 1 N–H and O–H groups in total. The molecule has 0 aliphatic heterocycles. The molecule has 0 fully saturated rings. The van der Waals surface area contributed by atoms with Crippen LogP contribution >= 0.6 is 11.8 Å². The van der Waals surface area contributed by atoms with Crippen LogP contribution in [0.15, 0.2) is 41.8 Å². The van der Waals surface area contributed by atoms with E-state index in [1.807, 2.05) is 49.0 Å². The van der Waals surface area contributed by atoms with Crippen LogP contribution in [0, 0.1) is 6.92 Å². The molecule has 1 aromatic carbocycles. The lowest BCUT2D eigenvalue weighted by Gasteiger charge is -2.07. The number of carbonyl (C=O) groups is 1. The molecule has 0 radical (unpaired) electrons. The predicted octanol–water partition coefficient (Wildman–Crippen LogP) is 2.85. The minimum atomic E-state index is 0.0380. The molecule has 1 amide bonds. The molecule has 100 valence electrons. The summed E-state index contributed by atoms with van der Waals surface area (Å²) >= 11 is 1.59. The molecule has 0 saturated heterocycles. The van der Waals surface area contributed by atoms with Crippen LogP contribution in [-0.2, 0) is 11.8 Å². The van der Waals surface area contributed by atoms with E-state index in [1.54, 1.807) is 18.0 Å². The van der Waals surface area contributed by atoms with Crippen LogP contribution in [0.3, 0.4) is 0 Å². The third kappa shape index (κ3) is 3.86. The van der Waals surface area contributed by atoms with Crippen LogP contribution in [-0.4, -0.2) is 21.2 Å². The van der Waals surface area contributed by atoms with E-state index in [1.165, 1.54) is 0 Å². The lowest BCUT2D eigenvalue weighted by Crippen LogP contribution is -2.13. The highest BCUT2D eigenvalue weighted by atomic mass is 32.2. The number of aromatic nitrogens is 2. The number of imidazole rings is 1. The van der Waals surface area contributed by atoms with Crippen molar-refractivity contribution in [2.75, 3.05) is 11.1 Å². The molecular weight excluding hydrogens is 258 g/mol. The van der Waals surface area contributed by atoms with Crippen LogP contribution in [0.1, 0.15) is 12.0 Å². The summed E-state index contributed by atoms with van der Waals surface area (Å²) in [7, 11) is 1.95. The molecule has 0 saturated carbocycles. The number of anilines is 1. The Morgan fingerprint density at radius 3 is 2.89 bits per heavy atom. The van der Waals surface area contributed by atoms with Crippen molar-refractivity contribution in [2.45, 2.75) is 18.5 Å². The third-order valence-electron chi connectivity index (χ3n) is 2.76. The maximum absolute atomic E-state index is 11.8. The molecule has 0 atom stereocenters. The summed E-state index contributed by atoms with van der Waals surface area (Å²) in [5.74, 6) is 0.763. The molecule has 4 nitrogen and oxygen atoms in total. The third-order valence-corrected chi connectivity index (χ3v) is 3.82. The Hall–Kier alpha value is -1.75. The quantitative estimate of drug-likeness (QED) is 0.854. The van der Waals surface area contributed by atoms with Gasteiger partial charge in [0.2, 0.25) is 5.91 Å². The first-order valence-corrected chi connectivity index (χ1v) is 7.11. The second-order valence-electron chi connectivity index (χ2n) is 4.28. The summed E-state index contributed by atoms with van der Waals surface area (Å²) in [6.45, 7) is 1.98. The van der Waals surface area contributed by atoms with Crippen molar-refractivity contribution in [2.24, 2.45) is 7.05 Å². The fourth-order valence-electron chi connectivity index (χ4n) is 1.65. The number of benzene rings is 1. The first-order valence-electron chi connectivity index (χ1n) is 6.12. The van der Waals surface area contributed by atoms with Crippen LogP contribution in [0.4, 0.5) is 5.69 Å². The monoisotopic (exact) mass is 275 g/mol. The number of aryl methyl sites for hydroxylation is 2. The Kier molecular flexibility index (Phi) is 4.63. The summed E-state index contributed by atoms with van der Waals surface area (Å²) in [6, 6.07) is 7.78. The van der Waals surface area contributed by atoms with Crippen molar-refractivity contribution < 1.29 is 4.79 Å². The molecule has 0 spiro atoms. The summed E-state index contributed by atoms with van der Waals surface area (Å²) in [6.07, 6.45) is 4.14. The Morgan fingerprint density at radius 1 is 1.42 bits per heavy atom. The number of nitrogens with one attached hydrogen (secondary N) is 1. The molecule has 19 heavy (non-hydrogen) atoms. The number of carbonyl (C=O) groups excluding carboxylic acids is 1. The van der Waals surface area contributed by atoms with E-state index in [2.05, 4.69) is 10.3 Å². The number of hydrogen-bond donors (Lipinski definition) is 1. The van der Waals surface area contributed by atoms with Gasteiger partial charge < -0.3 is 9.88 Å². The smallest absolute Gasteiger partial charge is 0.225 e. The highest BCUT2D eigenvalue weighted by Crippen LogP contribution is 2.17. The van der Waals surface area contributed by atoms with Gasteiger partial charge in [-0.3, -0.25) is 4.79 Å². The lowest BCUT2D eigenvalue weighted by molar-refractivity contribution is -0.115. The van der Waals surface area contributed by atoms with Gasteiger partial charge in [-0.1, -0.05) is 30.0 Å². The predicted molar refractivity (Wildman–Crippen MR) is 78.4 cm³/mol. The van der Waals surface area contributed by atoms with Crippen molar-refractivity contribution in [3.05, 3.63) is 42.2 Å². The Labute approximate surface area is 117 Å². The highest BCUT2D eigenvalue weighted by Gasteiger charge is 2.06. The van der Waals surface area contributed by atoms with E-state index < -0.39 is 0 Å². The zero-order chi connectivity index (χ0) is 13.7. The standard InChI is InChI=1S/C14H17N3OS/c1-11-5-3-4-6-12(11)16-13(18)7-10-19-14-15-8-9-17(14)2/h3-6,8-9H,7,10H2,1-2H3,(H,16,18). The van der Waals surface area contributed by atoms with Crippen molar-refractivity contribution in [1.29, 1.82) is 0 Å². The van der Waals surface area contributed by atoms with Crippen molar-refractivity contribution >= 4 is 23.4 Å². The summed E-state index contributed by atoms with van der Waals surface area (Å²) in [5.41, 5.74) is 1.96. The second kappa shape index (κ2) is 6.43. The zero-order valence-electron chi connectivity index (χ0n) is 11.1. The first kappa shape index (κ1) is 13.7. The molecule has 1 aromatic heterocycles. The van der Waals surface area contributed by atoms with Crippen molar-refractivity contribution in [1.82, 2.24) is 9.55 Å². The minimum absolute atomic E-state index is 0.0380. The van der Waals surface area contributed by atoms with Gasteiger partial charge in [0, 0.05) is 37.3 Å². The number of thioether (sulfide) groups is 1. The topological polar surface area (TPSA) is 46.9 Å². The number of nitrogens with zero attached hydrogens (tertiary/aromatic N) is 2. The van der Waals surface area contributed by atoms with Gasteiger partial charge in [0.05, 0.1) is 0 Å². The van der Waals surface area contributed by atoms with Gasteiger partial charge in [-0.2, -0.15) is 0 Å². The van der Waals surface area contributed by atoms with Crippen molar-refractivity contribution in [3.8, 4) is 0 Å². The largest absolute Gasteiger partial charge is 0.329 e. The number of rotatable bonds is 5. The second-order valence-corrected chi connectivity index (χ2v) is 5.34. The molecule has 2 rings (SSSR count). The Balaban J connectivity index is 1.79. The lowest BCUT2D eigenvalue weighted by atomic mass is 10.2. The van der Waals surface area contributed by atoms with Crippen molar-refractivity contribution in [3.63, 3.8) is 0 Å². The van der Waals surface area contributed by atoms with Crippen LogP contribution in [0.25, 0.3) is 0 Å². The maximum Gasteiger partial charge on any atom is 0.225 e. The SMILES string of the molecule is Cc1ccccc1NC(=O)CCSc1nccn1C. The minimum Gasteiger partial charge on any atom is -0.329 e. The van der Waals surface area contributed by atoms with Crippen LogP contribution in [0.2, 0.25) is 0 Å². The average Bonchev–Trinajstić information content (AvgIpc) is 2.78. The average molecular weight is 275 g/mol. The van der Waals surface area contributed by atoms with E-state index in [-0.39, 0.29) is 5.91 Å². The van der Waals surface area contributed by atoms with Gasteiger partial charge in [-0.25, -0.2) is 4.98 Å². The molecule has 0 unspecified atom stereocenters. The van der Waals surface area contributed by atoms with Gasteiger partial charge in [0.1, 0.15) is 0 Å². The highest BCUT2D eigenvalue weighted by molar-refractivity contribution is 7.99. The van der Waals surface area contributed by atoms with Gasteiger partial charge in [-0.05, 0) is 18.6 Å². The fraction of sp³-hybridized carbons (Fsp3) is 0.286. The molecule has 0 bridgehead atoms. The summed E-state index contributed by atoms with van der Waals surface area (Å²) in [5, 5.41) is 3.86. The van der Waals surface area contributed by atoms with E-state index >= 15 is 0 Å². The number of para-hydroxylation sites is 1. The van der Waals surface area contributed by atoms with Crippen LogP contribution in [0.5, 0.6) is 0 Å². The normalized spacial score (nSPS) is 10.4. The number of amides is 1. The van der Waals surface area contributed by atoms with E-state index in [0.29, 0.717) is 6.42 Å². The first-order chi connectivity index (χ1) is 9.16. The zero-order valence-corrected chi connectivity index (χ0v) is 11.9. The van der Waals surface area contributed by atoms with E-state index in [4.69, 9.17) is 0 Å². The fourth-order valence-corrected chi connectivity index (χ4v) is 2.52. The maximum atomic E-state index is 11.8. The Morgan fingerprint density at radius 2 is 2.21 bits per heavy atom. The molecule has 5 heteroatoms. The van der Waals surface area contributed by atoms with Gasteiger partial charge in [0.25, 0.3) is 0 Å². The molecule has 0 aliphatic rings. The summed E-state index contributed by atoms with van der Waals surface area (Å²) in [4.78, 5) is 16.0. The van der Waals surface area contributed by atoms with E-state index in [9.17, 15) is 4.79 Å².